The van der Waals surface area contributed by atoms with Crippen LogP contribution in [0, 0.1) is 6.92 Å². The number of anilines is 1. The van der Waals surface area contributed by atoms with Gasteiger partial charge in [0.25, 0.3) is 5.56 Å². The molecule has 29 heavy (non-hydrogen) atoms. The second-order valence-electron chi connectivity index (χ2n) is 6.70. The first kappa shape index (κ1) is 20.6. The van der Waals surface area contributed by atoms with Crippen molar-refractivity contribution >= 4 is 34.3 Å². The second kappa shape index (κ2) is 8.93. The smallest absolute Gasteiger partial charge is 0.262 e. The highest BCUT2D eigenvalue weighted by molar-refractivity contribution is 6.01. The second-order valence-corrected chi connectivity index (χ2v) is 6.70. The van der Waals surface area contributed by atoms with Gasteiger partial charge in [0.2, 0.25) is 17.7 Å². The Balaban J connectivity index is 1.90. The van der Waals surface area contributed by atoms with E-state index in [0.717, 1.165) is 0 Å². The number of aromatic nitrogens is 2. The predicted molar refractivity (Wildman–Crippen MR) is 105 cm³/mol. The molecule has 0 radical (unpaired) electrons. The summed E-state index contributed by atoms with van der Waals surface area (Å²) in [6.07, 6.45) is 0.531. The topological polar surface area (TPSA) is 145 Å². The van der Waals surface area contributed by atoms with E-state index in [4.69, 9.17) is 10.5 Å². The minimum atomic E-state index is -0.796. The van der Waals surface area contributed by atoms with Gasteiger partial charge in [0.05, 0.1) is 30.7 Å². The van der Waals surface area contributed by atoms with Gasteiger partial charge < -0.3 is 15.8 Å². The average molecular weight is 401 g/mol. The van der Waals surface area contributed by atoms with E-state index in [-0.39, 0.29) is 43.1 Å². The predicted octanol–water partition coefficient (Wildman–Crippen LogP) is -0.0135. The lowest BCUT2D eigenvalue weighted by Gasteiger charge is -2.24. The van der Waals surface area contributed by atoms with Crippen LogP contribution in [0.2, 0.25) is 0 Å². The molecule has 1 unspecified atom stereocenters. The molecule has 0 spiro atoms. The summed E-state index contributed by atoms with van der Waals surface area (Å²) in [4.78, 5) is 53.3. The fourth-order valence-electron chi connectivity index (χ4n) is 3.29. The molecule has 10 nitrogen and oxygen atoms in total. The van der Waals surface area contributed by atoms with Crippen LogP contribution < -0.4 is 21.9 Å². The zero-order valence-electron chi connectivity index (χ0n) is 16.1. The van der Waals surface area contributed by atoms with Crippen molar-refractivity contribution in [1.82, 2.24) is 14.9 Å². The molecule has 3 rings (SSSR count). The van der Waals surface area contributed by atoms with E-state index in [1.165, 1.54) is 4.57 Å². The monoisotopic (exact) mass is 401 g/mol. The number of benzene rings is 1. The number of hydrogen-bond acceptors (Lipinski definition) is 7. The van der Waals surface area contributed by atoms with Crippen molar-refractivity contribution in [3.63, 3.8) is 0 Å². The molecule has 0 aliphatic carbocycles. The van der Waals surface area contributed by atoms with E-state index < -0.39 is 17.5 Å². The maximum atomic E-state index is 13.1. The lowest BCUT2D eigenvalue weighted by Crippen LogP contribution is -2.45. The van der Waals surface area contributed by atoms with Crippen molar-refractivity contribution < 1.29 is 19.1 Å². The van der Waals surface area contributed by atoms with Gasteiger partial charge in [-0.05, 0) is 25.5 Å². The van der Waals surface area contributed by atoms with Gasteiger partial charge in [0, 0.05) is 13.0 Å². The summed E-state index contributed by atoms with van der Waals surface area (Å²) in [6.45, 7) is 2.61. The molecule has 154 valence electrons. The lowest BCUT2D eigenvalue weighted by molar-refractivity contribution is -0.135. The van der Waals surface area contributed by atoms with Gasteiger partial charge in [-0.25, -0.2) is 4.98 Å². The van der Waals surface area contributed by atoms with Crippen LogP contribution in [-0.4, -0.2) is 47.0 Å². The molecule has 2 heterocycles. The summed E-state index contributed by atoms with van der Waals surface area (Å²) in [5.41, 5.74) is 5.68. The number of nitrogens with zero attached hydrogens (tertiary/aromatic N) is 2. The minimum Gasteiger partial charge on any atom is -0.380 e. The quantitative estimate of drug-likeness (QED) is 0.437. The van der Waals surface area contributed by atoms with E-state index >= 15 is 0 Å². The van der Waals surface area contributed by atoms with Crippen LogP contribution >= 0.6 is 0 Å². The molecule has 0 saturated carbocycles. The summed E-state index contributed by atoms with van der Waals surface area (Å²) in [7, 11) is 0. The molecule has 1 aliphatic rings. The third kappa shape index (κ3) is 4.49. The SMILES string of the molecule is Cc1nc2c(NC(=O)CCOCCN)cccc2c(=O)n1C1CCC(=O)NC1=O. The van der Waals surface area contributed by atoms with Gasteiger partial charge in [-0.2, -0.15) is 0 Å². The van der Waals surface area contributed by atoms with Gasteiger partial charge in [0.15, 0.2) is 0 Å². The summed E-state index contributed by atoms with van der Waals surface area (Å²) in [5.74, 6) is -0.825. The van der Waals surface area contributed by atoms with E-state index in [0.29, 0.717) is 30.2 Å². The molecule has 2 aromatic rings. The number of carbonyl (C=O) groups excluding carboxylic acids is 3. The molecule has 1 atom stereocenters. The van der Waals surface area contributed by atoms with Gasteiger partial charge in [-0.15, -0.1) is 0 Å². The van der Waals surface area contributed by atoms with Gasteiger partial charge in [-0.1, -0.05) is 6.07 Å². The highest BCUT2D eigenvalue weighted by atomic mass is 16.5. The molecular weight excluding hydrogens is 378 g/mol. The number of aryl methyl sites for hydroxylation is 1. The Hall–Kier alpha value is -3.11. The largest absolute Gasteiger partial charge is 0.380 e. The highest BCUT2D eigenvalue weighted by Gasteiger charge is 2.30. The van der Waals surface area contributed by atoms with Crippen molar-refractivity contribution in [1.29, 1.82) is 0 Å². The lowest BCUT2D eigenvalue weighted by atomic mass is 10.1. The maximum Gasteiger partial charge on any atom is 0.262 e. The third-order valence-electron chi connectivity index (χ3n) is 4.64. The minimum absolute atomic E-state index is 0.142. The van der Waals surface area contributed by atoms with Crippen LogP contribution in [-0.2, 0) is 19.1 Å². The normalized spacial score (nSPS) is 16.7. The van der Waals surface area contributed by atoms with Crippen molar-refractivity contribution in [3.8, 4) is 0 Å². The molecule has 10 heteroatoms. The Morgan fingerprint density at radius 2 is 2.14 bits per heavy atom. The number of imide groups is 1. The van der Waals surface area contributed by atoms with E-state index in [1.54, 1.807) is 25.1 Å². The Bertz CT molecular complexity index is 1020. The van der Waals surface area contributed by atoms with Crippen molar-refractivity contribution in [3.05, 3.63) is 34.4 Å². The molecule has 1 saturated heterocycles. The van der Waals surface area contributed by atoms with Gasteiger partial charge in [0.1, 0.15) is 17.4 Å². The standard InChI is InChI=1S/C19H23N5O5/c1-11-21-17-12(19(28)24(11)14-5-6-15(25)23-18(14)27)3-2-4-13(17)22-16(26)7-9-29-10-8-20/h2-4,14H,5-10,20H2,1H3,(H,22,26)(H,23,25,27). The van der Waals surface area contributed by atoms with Crippen molar-refractivity contribution in [2.75, 3.05) is 25.1 Å². The molecule has 1 aromatic heterocycles. The van der Waals surface area contributed by atoms with Crippen LogP contribution in [0.5, 0.6) is 0 Å². The first-order valence-corrected chi connectivity index (χ1v) is 9.35. The number of hydrogen-bond donors (Lipinski definition) is 3. The summed E-state index contributed by atoms with van der Waals surface area (Å²) < 4.78 is 6.50. The van der Waals surface area contributed by atoms with Crippen LogP contribution in [0.25, 0.3) is 10.9 Å². The Kier molecular flexibility index (Phi) is 6.35. The number of fused-ring (bicyclic) bond motifs is 1. The number of nitrogens with one attached hydrogen (secondary N) is 2. The summed E-state index contributed by atoms with van der Waals surface area (Å²) >= 11 is 0. The molecule has 4 N–H and O–H groups in total. The molecule has 1 fully saturated rings. The molecule has 0 bridgehead atoms. The molecule has 3 amide bonds. The van der Waals surface area contributed by atoms with Crippen molar-refractivity contribution in [2.45, 2.75) is 32.2 Å². The van der Waals surface area contributed by atoms with Gasteiger partial charge in [-0.3, -0.25) is 29.1 Å². The highest BCUT2D eigenvalue weighted by Crippen LogP contribution is 2.23. The zero-order valence-corrected chi connectivity index (χ0v) is 16.1. The number of ether oxygens (including phenoxy) is 1. The number of rotatable bonds is 7. The number of nitrogens with two attached hydrogens (primary N) is 1. The van der Waals surface area contributed by atoms with Crippen LogP contribution in [0.15, 0.2) is 23.0 Å². The van der Waals surface area contributed by atoms with Crippen LogP contribution in [0.3, 0.4) is 0 Å². The van der Waals surface area contributed by atoms with Gasteiger partial charge >= 0.3 is 0 Å². The average Bonchev–Trinajstić information content (AvgIpc) is 2.67. The van der Waals surface area contributed by atoms with E-state index in [1.807, 2.05) is 0 Å². The number of carbonyl (C=O) groups is 3. The first-order chi connectivity index (χ1) is 13.9. The Morgan fingerprint density at radius 1 is 1.34 bits per heavy atom. The molecular formula is C19H23N5O5. The summed E-state index contributed by atoms with van der Waals surface area (Å²) in [5, 5.41) is 5.27. The molecule has 1 aromatic carbocycles. The Morgan fingerprint density at radius 3 is 2.86 bits per heavy atom. The Labute approximate surface area is 166 Å². The van der Waals surface area contributed by atoms with Crippen LogP contribution in [0.4, 0.5) is 5.69 Å². The summed E-state index contributed by atoms with van der Waals surface area (Å²) in [6, 6.07) is 4.08. The van der Waals surface area contributed by atoms with E-state index in [2.05, 4.69) is 15.6 Å². The maximum absolute atomic E-state index is 13.1. The fourth-order valence-corrected chi connectivity index (χ4v) is 3.29. The molecule has 1 aliphatic heterocycles. The fraction of sp³-hybridized carbons (Fsp3) is 0.421. The van der Waals surface area contributed by atoms with E-state index in [9.17, 15) is 19.2 Å². The third-order valence-corrected chi connectivity index (χ3v) is 4.64. The number of para-hydroxylation sites is 1. The van der Waals surface area contributed by atoms with Crippen LogP contribution in [0.1, 0.15) is 31.1 Å². The number of piperidine rings is 1. The zero-order chi connectivity index (χ0) is 21.0. The first-order valence-electron chi connectivity index (χ1n) is 9.35. The number of amides is 3. The van der Waals surface area contributed by atoms with Crippen molar-refractivity contribution in [2.24, 2.45) is 5.73 Å².